The summed E-state index contributed by atoms with van der Waals surface area (Å²) in [6.07, 6.45) is 3.89. The van der Waals surface area contributed by atoms with Gasteiger partial charge in [-0.2, -0.15) is 0 Å². The number of halogens is 1. The molecule has 0 bridgehead atoms. The summed E-state index contributed by atoms with van der Waals surface area (Å²) in [7, 11) is 0. The Labute approximate surface area is 120 Å². The number of hydrogen-bond donors (Lipinski definition) is 1. The second-order valence-corrected chi connectivity index (χ2v) is 5.64. The lowest BCUT2D eigenvalue weighted by atomic mass is 9.84. The van der Waals surface area contributed by atoms with Crippen molar-refractivity contribution in [3.05, 3.63) is 35.6 Å². The first-order valence-corrected chi connectivity index (χ1v) is 7.35. The van der Waals surface area contributed by atoms with Crippen LogP contribution in [0.4, 0.5) is 4.39 Å². The minimum atomic E-state index is -0.386. The van der Waals surface area contributed by atoms with Crippen LogP contribution < -0.4 is 5.73 Å². The van der Waals surface area contributed by atoms with Gasteiger partial charge in [-0.15, -0.1) is 0 Å². The van der Waals surface area contributed by atoms with Crippen LogP contribution in [0.25, 0.3) is 0 Å². The predicted octanol–water partition coefficient (Wildman–Crippen LogP) is 2.69. The highest BCUT2D eigenvalue weighted by molar-refractivity contribution is 5.83. The zero-order valence-electron chi connectivity index (χ0n) is 12.1. The SMILES string of the molecule is CCN(Cc1cccc(F)c1)C(=O)C1(CN)CCCC1. The van der Waals surface area contributed by atoms with Crippen molar-refractivity contribution in [2.24, 2.45) is 11.1 Å². The van der Waals surface area contributed by atoms with E-state index in [0.717, 1.165) is 31.2 Å². The normalized spacial score (nSPS) is 17.1. The minimum absolute atomic E-state index is 0.129. The molecular formula is C16H23FN2O. The van der Waals surface area contributed by atoms with Gasteiger partial charge in [-0.1, -0.05) is 25.0 Å². The van der Waals surface area contributed by atoms with Crippen LogP contribution in [0.5, 0.6) is 0 Å². The van der Waals surface area contributed by atoms with Gasteiger partial charge in [0.1, 0.15) is 5.82 Å². The zero-order valence-corrected chi connectivity index (χ0v) is 12.1. The van der Waals surface area contributed by atoms with Crippen LogP contribution in [0.3, 0.4) is 0 Å². The molecule has 20 heavy (non-hydrogen) atoms. The number of rotatable bonds is 5. The third kappa shape index (κ3) is 3.01. The Hall–Kier alpha value is -1.42. The summed E-state index contributed by atoms with van der Waals surface area (Å²) < 4.78 is 13.2. The fourth-order valence-corrected chi connectivity index (χ4v) is 3.08. The molecule has 1 saturated carbocycles. The van der Waals surface area contributed by atoms with E-state index in [-0.39, 0.29) is 17.1 Å². The number of carbonyl (C=O) groups excluding carboxylic acids is 1. The molecule has 0 heterocycles. The molecule has 4 heteroatoms. The van der Waals surface area contributed by atoms with Gasteiger partial charge in [-0.3, -0.25) is 4.79 Å². The van der Waals surface area contributed by atoms with Gasteiger partial charge in [-0.25, -0.2) is 4.39 Å². The van der Waals surface area contributed by atoms with E-state index < -0.39 is 0 Å². The van der Waals surface area contributed by atoms with Gasteiger partial charge in [0.15, 0.2) is 0 Å². The molecule has 0 radical (unpaired) electrons. The Morgan fingerprint density at radius 3 is 2.65 bits per heavy atom. The first kappa shape index (κ1) is 15.0. The molecule has 2 N–H and O–H groups in total. The molecule has 3 nitrogen and oxygen atoms in total. The maximum absolute atomic E-state index is 13.2. The van der Waals surface area contributed by atoms with Gasteiger partial charge in [0, 0.05) is 19.6 Å². The van der Waals surface area contributed by atoms with Crippen molar-refractivity contribution in [2.75, 3.05) is 13.1 Å². The van der Waals surface area contributed by atoms with Crippen molar-refractivity contribution < 1.29 is 9.18 Å². The van der Waals surface area contributed by atoms with Crippen LogP contribution in [0.2, 0.25) is 0 Å². The van der Waals surface area contributed by atoms with Gasteiger partial charge < -0.3 is 10.6 Å². The van der Waals surface area contributed by atoms with E-state index >= 15 is 0 Å². The van der Waals surface area contributed by atoms with E-state index in [1.165, 1.54) is 12.1 Å². The molecule has 1 amide bonds. The van der Waals surface area contributed by atoms with E-state index in [9.17, 15) is 9.18 Å². The average Bonchev–Trinajstić information content (AvgIpc) is 2.94. The zero-order chi connectivity index (χ0) is 14.6. The topological polar surface area (TPSA) is 46.3 Å². The van der Waals surface area contributed by atoms with Crippen molar-refractivity contribution >= 4 is 5.91 Å². The summed E-state index contributed by atoms with van der Waals surface area (Å²) >= 11 is 0. The van der Waals surface area contributed by atoms with E-state index in [1.807, 2.05) is 13.0 Å². The number of amides is 1. The molecule has 0 spiro atoms. The molecule has 1 aliphatic carbocycles. The molecule has 0 unspecified atom stereocenters. The highest BCUT2D eigenvalue weighted by Gasteiger charge is 2.41. The first-order valence-electron chi connectivity index (χ1n) is 7.35. The van der Waals surface area contributed by atoms with E-state index in [1.54, 1.807) is 11.0 Å². The molecule has 1 aromatic rings. The summed E-state index contributed by atoms with van der Waals surface area (Å²) in [5, 5.41) is 0. The lowest BCUT2D eigenvalue weighted by molar-refractivity contribution is -0.141. The first-order chi connectivity index (χ1) is 9.61. The Morgan fingerprint density at radius 2 is 2.10 bits per heavy atom. The maximum atomic E-state index is 13.2. The number of carbonyl (C=O) groups is 1. The molecule has 1 aliphatic rings. The quantitative estimate of drug-likeness (QED) is 0.900. The standard InChI is InChI=1S/C16H23FN2O/c1-2-19(11-13-6-5-7-14(17)10-13)15(20)16(12-18)8-3-4-9-16/h5-7,10H,2-4,8-9,11-12,18H2,1H3. The third-order valence-corrected chi connectivity index (χ3v) is 4.34. The van der Waals surface area contributed by atoms with Crippen LogP contribution in [0.1, 0.15) is 38.2 Å². The molecule has 1 fully saturated rings. The largest absolute Gasteiger partial charge is 0.338 e. The van der Waals surface area contributed by atoms with E-state index in [4.69, 9.17) is 5.73 Å². The monoisotopic (exact) mass is 278 g/mol. The summed E-state index contributed by atoms with van der Waals surface area (Å²) in [4.78, 5) is 14.6. The number of hydrogen-bond acceptors (Lipinski definition) is 2. The second-order valence-electron chi connectivity index (χ2n) is 5.64. The van der Waals surface area contributed by atoms with Gasteiger partial charge in [0.25, 0.3) is 0 Å². The maximum Gasteiger partial charge on any atom is 0.230 e. The van der Waals surface area contributed by atoms with Crippen molar-refractivity contribution in [1.29, 1.82) is 0 Å². The Morgan fingerprint density at radius 1 is 1.40 bits per heavy atom. The molecule has 0 aliphatic heterocycles. The van der Waals surface area contributed by atoms with Crippen molar-refractivity contribution in [2.45, 2.75) is 39.2 Å². The molecule has 110 valence electrons. The Kier molecular flexibility index (Phi) is 4.76. The summed E-state index contributed by atoms with van der Waals surface area (Å²) in [5.74, 6) is -0.135. The fourth-order valence-electron chi connectivity index (χ4n) is 3.08. The van der Waals surface area contributed by atoms with Crippen molar-refractivity contribution in [3.8, 4) is 0 Å². The van der Waals surface area contributed by atoms with Gasteiger partial charge in [0.05, 0.1) is 5.41 Å². The van der Waals surface area contributed by atoms with E-state index in [0.29, 0.717) is 19.6 Å². The minimum Gasteiger partial charge on any atom is -0.338 e. The van der Waals surface area contributed by atoms with Crippen LogP contribution in [-0.2, 0) is 11.3 Å². The van der Waals surface area contributed by atoms with Crippen LogP contribution >= 0.6 is 0 Å². The van der Waals surface area contributed by atoms with Gasteiger partial charge in [-0.05, 0) is 37.5 Å². The summed E-state index contributed by atoms with van der Waals surface area (Å²) in [6, 6.07) is 6.43. The molecule has 1 aromatic carbocycles. The van der Waals surface area contributed by atoms with Crippen LogP contribution in [0.15, 0.2) is 24.3 Å². The Balaban J connectivity index is 2.13. The summed E-state index contributed by atoms with van der Waals surface area (Å²) in [5.41, 5.74) is 6.31. The lowest BCUT2D eigenvalue weighted by Crippen LogP contribution is -2.46. The smallest absolute Gasteiger partial charge is 0.230 e. The van der Waals surface area contributed by atoms with Crippen molar-refractivity contribution in [3.63, 3.8) is 0 Å². The predicted molar refractivity (Wildman–Crippen MR) is 77.4 cm³/mol. The lowest BCUT2D eigenvalue weighted by Gasteiger charge is -2.33. The number of benzene rings is 1. The highest BCUT2D eigenvalue weighted by atomic mass is 19.1. The Bertz CT molecular complexity index is 469. The summed E-state index contributed by atoms with van der Waals surface area (Å²) in [6.45, 7) is 3.44. The van der Waals surface area contributed by atoms with Crippen molar-refractivity contribution in [1.82, 2.24) is 4.90 Å². The number of nitrogens with zero attached hydrogens (tertiary/aromatic N) is 1. The third-order valence-electron chi connectivity index (χ3n) is 4.34. The van der Waals surface area contributed by atoms with Crippen LogP contribution in [-0.4, -0.2) is 23.9 Å². The highest BCUT2D eigenvalue weighted by Crippen LogP contribution is 2.39. The van der Waals surface area contributed by atoms with Crippen LogP contribution in [0, 0.1) is 11.2 Å². The number of nitrogens with two attached hydrogens (primary N) is 1. The van der Waals surface area contributed by atoms with Gasteiger partial charge in [0.2, 0.25) is 5.91 Å². The molecule has 2 rings (SSSR count). The molecule has 0 aromatic heterocycles. The average molecular weight is 278 g/mol. The molecule has 0 saturated heterocycles. The fraction of sp³-hybridized carbons (Fsp3) is 0.562. The van der Waals surface area contributed by atoms with E-state index in [2.05, 4.69) is 0 Å². The molecular weight excluding hydrogens is 255 g/mol. The molecule has 0 atom stereocenters. The second kappa shape index (κ2) is 6.35. The van der Waals surface area contributed by atoms with Gasteiger partial charge >= 0.3 is 0 Å².